The van der Waals surface area contributed by atoms with Crippen molar-refractivity contribution in [1.29, 1.82) is 0 Å². The van der Waals surface area contributed by atoms with E-state index in [1.165, 1.54) is 4.31 Å². The van der Waals surface area contributed by atoms with Crippen LogP contribution in [0.15, 0.2) is 36.5 Å². The molecule has 0 atom stereocenters. The lowest BCUT2D eigenvalue weighted by molar-refractivity contribution is 0.426. The van der Waals surface area contributed by atoms with E-state index >= 15 is 0 Å². The van der Waals surface area contributed by atoms with Gasteiger partial charge in [0.15, 0.2) is 0 Å². The molecule has 0 saturated heterocycles. The minimum Gasteiger partial charge on any atom is -0.281 e. The summed E-state index contributed by atoms with van der Waals surface area (Å²) in [5, 5.41) is 6.73. The summed E-state index contributed by atoms with van der Waals surface area (Å²) in [6.45, 7) is 0.811. The van der Waals surface area contributed by atoms with E-state index < -0.39 is 10.0 Å². The molecule has 1 aromatic heterocycles. The van der Waals surface area contributed by atoms with Crippen molar-refractivity contribution in [2.45, 2.75) is 18.8 Å². The van der Waals surface area contributed by atoms with Gasteiger partial charge < -0.3 is 0 Å². The van der Waals surface area contributed by atoms with Gasteiger partial charge in [0.25, 0.3) is 0 Å². The van der Waals surface area contributed by atoms with Gasteiger partial charge in [-0.3, -0.25) is 5.10 Å². The van der Waals surface area contributed by atoms with Crippen LogP contribution >= 0.6 is 0 Å². The van der Waals surface area contributed by atoms with E-state index in [1.807, 2.05) is 30.3 Å². The predicted octanol–water partition coefficient (Wildman–Crippen LogP) is 1.26. The summed E-state index contributed by atoms with van der Waals surface area (Å²) in [4.78, 5) is 0. The molecule has 94 valence electrons. The van der Waals surface area contributed by atoms with Crippen LogP contribution < -0.4 is 0 Å². The normalized spacial score (nSPS) is 15.8. The number of H-pyrrole nitrogens is 1. The van der Waals surface area contributed by atoms with Crippen LogP contribution in [0, 0.1) is 0 Å². The Labute approximate surface area is 105 Å². The molecule has 1 N–H and O–H groups in total. The molecule has 2 heterocycles. The molecule has 0 bridgehead atoms. The highest BCUT2D eigenvalue weighted by Gasteiger charge is 2.30. The molecule has 3 rings (SSSR count). The lowest BCUT2D eigenvalue weighted by Crippen LogP contribution is -2.27. The van der Waals surface area contributed by atoms with Gasteiger partial charge in [-0.15, -0.1) is 0 Å². The smallest absolute Gasteiger partial charge is 0.218 e. The quantitative estimate of drug-likeness (QED) is 0.906. The summed E-state index contributed by atoms with van der Waals surface area (Å²) < 4.78 is 26.0. The average molecular weight is 263 g/mol. The monoisotopic (exact) mass is 263 g/mol. The number of rotatable bonds is 3. The molecule has 6 heteroatoms. The molecule has 18 heavy (non-hydrogen) atoms. The standard InChI is InChI=1S/C12H13N3O2S/c16-18(17,9-10-4-2-1-3-5-10)15-7-11-6-13-14-12(11)8-15/h1-6H,7-9H2,(H,13,14). The first-order chi connectivity index (χ1) is 8.65. The van der Waals surface area contributed by atoms with Crippen LogP contribution in [0.4, 0.5) is 0 Å². The first-order valence-electron chi connectivity index (χ1n) is 5.68. The van der Waals surface area contributed by atoms with Crippen molar-refractivity contribution in [2.75, 3.05) is 0 Å². The minimum absolute atomic E-state index is 0.0472. The lowest BCUT2D eigenvalue weighted by atomic mass is 10.2. The Kier molecular flexibility index (Phi) is 2.68. The highest BCUT2D eigenvalue weighted by Crippen LogP contribution is 2.24. The van der Waals surface area contributed by atoms with Crippen LogP contribution in [0.1, 0.15) is 16.8 Å². The molecular formula is C12H13N3O2S. The number of nitrogens with zero attached hydrogens (tertiary/aromatic N) is 2. The molecule has 0 amide bonds. The van der Waals surface area contributed by atoms with E-state index in [9.17, 15) is 8.42 Å². The third-order valence-corrected chi connectivity index (χ3v) is 4.82. The van der Waals surface area contributed by atoms with Gasteiger partial charge in [0.2, 0.25) is 10.0 Å². The third kappa shape index (κ3) is 2.04. The van der Waals surface area contributed by atoms with E-state index in [0.29, 0.717) is 13.1 Å². The molecule has 0 aliphatic carbocycles. The van der Waals surface area contributed by atoms with Gasteiger partial charge in [-0.05, 0) is 5.56 Å². The Morgan fingerprint density at radius 1 is 1.22 bits per heavy atom. The first kappa shape index (κ1) is 11.4. The molecule has 1 aliphatic rings. The Morgan fingerprint density at radius 2 is 2.00 bits per heavy atom. The Morgan fingerprint density at radius 3 is 2.72 bits per heavy atom. The second-order valence-electron chi connectivity index (χ2n) is 4.38. The van der Waals surface area contributed by atoms with Gasteiger partial charge in [0, 0.05) is 12.1 Å². The first-order valence-corrected chi connectivity index (χ1v) is 7.29. The number of nitrogens with one attached hydrogen (secondary N) is 1. The van der Waals surface area contributed by atoms with Gasteiger partial charge in [0.1, 0.15) is 0 Å². The second-order valence-corrected chi connectivity index (χ2v) is 6.35. The minimum atomic E-state index is -3.27. The zero-order valence-electron chi connectivity index (χ0n) is 9.70. The summed E-state index contributed by atoms with van der Waals surface area (Å²) in [7, 11) is -3.27. The van der Waals surface area contributed by atoms with E-state index in [0.717, 1.165) is 16.8 Å². The summed E-state index contributed by atoms with van der Waals surface area (Å²) in [5.41, 5.74) is 2.67. The van der Waals surface area contributed by atoms with Crippen molar-refractivity contribution < 1.29 is 8.42 Å². The van der Waals surface area contributed by atoms with Gasteiger partial charge >= 0.3 is 0 Å². The second kappa shape index (κ2) is 4.22. The number of aromatic nitrogens is 2. The molecule has 2 aromatic rings. The molecule has 0 spiro atoms. The summed E-state index contributed by atoms with van der Waals surface area (Å²) in [5.74, 6) is 0.0472. The number of hydrogen-bond acceptors (Lipinski definition) is 3. The predicted molar refractivity (Wildman–Crippen MR) is 66.9 cm³/mol. The number of sulfonamides is 1. The maximum atomic E-state index is 12.3. The largest absolute Gasteiger partial charge is 0.281 e. The molecule has 0 saturated carbocycles. The number of aromatic amines is 1. The van der Waals surface area contributed by atoms with Crippen LogP contribution in [0.5, 0.6) is 0 Å². The molecule has 0 fully saturated rings. The Balaban J connectivity index is 1.79. The zero-order valence-corrected chi connectivity index (χ0v) is 10.5. The van der Waals surface area contributed by atoms with Crippen LogP contribution in [0.25, 0.3) is 0 Å². The number of benzene rings is 1. The van der Waals surface area contributed by atoms with Crippen LogP contribution in [-0.4, -0.2) is 22.9 Å². The van der Waals surface area contributed by atoms with Crippen molar-refractivity contribution in [3.63, 3.8) is 0 Å². The fourth-order valence-corrected chi connectivity index (χ4v) is 3.56. The molecule has 1 aromatic carbocycles. The summed E-state index contributed by atoms with van der Waals surface area (Å²) >= 11 is 0. The molecule has 1 aliphatic heterocycles. The molecule has 5 nitrogen and oxygen atoms in total. The number of fused-ring (bicyclic) bond motifs is 1. The van der Waals surface area contributed by atoms with Gasteiger partial charge in [0.05, 0.1) is 24.2 Å². The molecule has 0 unspecified atom stereocenters. The maximum absolute atomic E-state index is 12.3. The van der Waals surface area contributed by atoms with Crippen LogP contribution in [0.2, 0.25) is 0 Å². The topological polar surface area (TPSA) is 66.1 Å². The Hall–Kier alpha value is -1.66. The SMILES string of the molecule is O=S(=O)(Cc1ccccc1)N1Cc2cn[nH]c2C1. The van der Waals surface area contributed by atoms with E-state index in [2.05, 4.69) is 10.2 Å². The fraction of sp³-hybridized carbons (Fsp3) is 0.250. The highest BCUT2D eigenvalue weighted by molar-refractivity contribution is 7.88. The lowest BCUT2D eigenvalue weighted by Gasteiger charge is -2.15. The summed E-state index contributed by atoms with van der Waals surface area (Å²) in [6, 6.07) is 9.23. The van der Waals surface area contributed by atoms with Crippen molar-refractivity contribution in [1.82, 2.24) is 14.5 Å². The van der Waals surface area contributed by atoms with E-state index in [-0.39, 0.29) is 5.75 Å². The zero-order chi connectivity index (χ0) is 12.6. The van der Waals surface area contributed by atoms with Crippen LogP contribution in [-0.2, 0) is 28.9 Å². The van der Waals surface area contributed by atoms with Crippen LogP contribution in [0.3, 0.4) is 0 Å². The van der Waals surface area contributed by atoms with Gasteiger partial charge in [-0.2, -0.15) is 9.40 Å². The van der Waals surface area contributed by atoms with E-state index in [4.69, 9.17) is 0 Å². The Bertz CT molecular complexity index is 628. The summed E-state index contributed by atoms with van der Waals surface area (Å²) in [6.07, 6.45) is 1.69. The van der Waals surface area contributed by atoms with Gasteiger partial charge in [-0.25, -0.2) is 8.42 Å². The van der Waals surface area contributed by atoms with E-state index in [1.54, 1.807) is 6.20 Å². The van der Waals surface area contributed by atoms with Crippen molar-refractivity contribution in [3.8, 4) is 0 Å². The van der Waals surface area contributed by atoms with Gasteiger partial charge in [-0.1, -0.05) is 30.3 Å². The highest BCUT2D eigenvalue weighted by atomic mass is 32.2. The van der Waals surface area contributed by atoms with Crippen molar-refractivity contribution >= 4 is 10.0 Å². The fourth-order valence-electron chi connectivity index (χ4n) is 2.11. The average Bonchev–Trinajstić information content (AvgIpc) is 2.89. The molecule has 0 radical (unpaired) electrons. The third-order valence-electron chi connectivity index (χ3n) is 3.07. The van der Waals surface area contributed by atoms with Crippen molar-refractivity contribution in [3.05, 3.63) is 53.3 Å². The van der Waals surface area contributed by atoms with Crippen molar-refractivity contribution in [2.24, 2.45) is 0 Å². The maximum Gasteiger partial charge on any atom is 0.218 e. The molecular weight excluding hydrogens is 250 g/mol. The number of hydrogen-bond donors (Lipinski definition) is 1.